The van der Waals surface area contributed by atoms with E-state index in [1.165, 1.54) is 0 Å². The molecule has 108 valence electrons. The second-order valence-corrected chi connectivity index (χ2v) is 4.90. The van der Waals surface area contributed by atoms with Crippen LogP contribution in [0.4, 0.5) is 0 Å². The number of rotatable bonds is 7. The highest BCUT2D eigenvalue weighted by Gasteiger charge is 2.21. The van der Waals surface area contributed by atoms with Gasteiger partial charge in [0.15, 0.2) is 11.5 Å². The fourth-order valence-corrected chi connectivity index (χ4v) is 2.13. The van der Waals surface area contributed by atoms with Gasteiger partial charge in [-0.2, -0.15) is 0 Å². The molecule has 0 aliphatic carbocycles. The second-order valence-electron chi connectivity index (χ2n) is 4.90. The van der Waals surface area contributed by atoms with Gasteiger partial charge < -0.3 is 19.9 Å². The first kappa shape index (κ1) is 15.8. The van der Waals surface area contributed by atoms with Gasteiger partial charge in [-0.1, -0.05) is 26.8 Å². The maximum atomic E-state index is 10.5. The van der Waals surface area contributed by atoms with E-state index in [0.29, 0.717) is 17.5 Å². The highest BCUT2D eigenvalue weighted by Crippen LogP contribution is 2.31. The Balaban J connectivity index is 2.94. The highest BCUT2D eigenvalue weighted by atomic mass is 16.5. The summed E-state index contributed by atoms with van der Waals surface area (Å²) >= 11 is 0. The molecule has 1 rings (SSSR count). The van der Waals surface area contributed by atoms with E-state index in [9.17, 15) is 5.11 Å². The average Bonchev–Trinajstić information content (AvgIpc) is 2.42. The molecule has 0 heterocycles. The summed E-state index contributed by atoms with van der Waals surface area (Å²) in [5.41, 5.74) is 0.831. The molecule has 19 heavy (non-hydrogen) atoms. The van der Waals surface area contributed by atoms with Crippen LogP contribution in [0.15, 0.2) is 18.2 Å². The zero-order chi connectivity index (χ0) is 14.4. The third kappa shape index (κ3) is 4.11. The van der Waals surface area contributed by atoms with E-state index in [-0.39, 0.29) is 6.04 Å². The molecule has 2 atom stereocenters. The van der Waals surface area contributed by atoms with Crippen LogP contribution in [0.3, 0.4) is 0 Å². The minimum atomic E-state index is -0.563. The van der Waals surface area contributed by atoms with Crippen molar-refractivity contribution in [1.82, 2.24) is 5.32 Å². The molecule has 4 nitrogen and oxygen atoms in total. The summed E-state index contributed by atoms with van der Waals surface area (Å²) in [5.74, 6) is 1.31. The molecule has 0 fully saturated rings. The largest absolute Gasteiger partial charge is 0.493 e. The summed E-state index contributed by atoms with van der Waals surface area (Å²) in [4.78, 5) is 0. The zero-order valence-electron chi connectivity index (χ0n) is 12.4. The van der Waals surface area contributed by atoms with Gasteiger partial charge in [-0.15, -0.1) is 0 Å². The molecule has 2 N–H and O–H groups in total. The number of hydrogen-bond donors (Lipinski definition) is 2. The van der Waals surface area contributed by atoms with Crippen LogP contribution in [-0.2, 0) is 0 Å². The quantitative estimate of drug-likeness (QED) is 0.797. The average molecular weight is 267 g/mol. The van der Waals surface area contributed by atoms with Gasteiger partial charge in [-0.25, -0.2) is 0 Å². The number of aliphatic hydroxyl groups excluding tert-OH is 1. The van der Waals surface area contributed by atoms with E-state index in [4.69, 9.17) is 9.47 Å². The first-order chi connectivity index (χ1) is 9.03. The van der Waals surface area contributed by atoms with Crippen molar-refractivity contribution >= 4 is 0 Å². The van der Waals surface area contributed by atoms with Crippen LogP contribution >= 0.6 is 0 Å². The van der Waals surface area contributed by atoms with Gasteiger partial charge >= 0.3 is 0 Å². The van der Waals surface area contributed by atoms with Gasteiger partial charge in [-0.3, -0.25) is 0 Å². The fourth-order valence-electron chi connectivity index (χ4n) is 2.13. The summed E-state index contributed by atoms with van der Waals surface area (Å²) in [7, 11) is 3.20. The Labute approximate surface area is 115 Å². The van der Waals surface area contributed by atoms with Crippen LogP contribution in [0.2, 0.25) is 0 Å². The van der Waals surface area contributed by atoms with Crippen molar-refractivity contribution in [2.24, 2.45) is 0 Å². The SMILES string of the molecule is CCC(NC(C)C)C(O)c1ccc(OC)c(OC)c1. The van der Waals surface area contributed by atoms with Crippen LogP contribution in [0.5, 0.6) is 11.5 Å². The van der Waals surface area contributed by atoms with E-state index >= 15 is 0 Å². The monoisotopic (exact) mass is 267 g/mol. The number of ether oxygens (including phenoxy) is 2. The summed E-state index contributed by atoms with van der Waals surface area (Å²) in [6.07, 6.45) is 0.292. The number of methoxy groups -OCH3 is 2. The van der Waals surface area contributed by atoms with Gasteiger partial charge in [0.25, 0.3) is 0 Å². The third-order valence-electron chi connectivity index (χ3n) is 3.12. The first-order valence-electron chi connectivity index (χ1n) is 6.69. The van der Waals surface area contributed by atoms with Gasteiger partial charge in [0.05, 0.1) is 20.3 Å². The Morgan fingerprint density at radius 3 is 2.26 bits per heavy atom. The molecule has 0 spiro atoms. The fraction of sp³-hybridized carbons (Fsp3) is 0.600. The van der Waals surface area contributed by atoms with Crippen LogP contribution < -0.4 is 14.8 Å². The highest BCUT2D eigenvalue weighted by molar-refractivity contribution is 5.43. The Hall–Kier alpha value is -1.26. The summed E-state index contributed by atoms with van der Waals surface area (Å²) in [6, 6.07) is 5.88. The lowest BCUT2D eigenvalue weighted by molar-refractivity contribution is 0.121. The topological polar surface area (TPSA) is 50.7 Å². The van der Waals surface area contributed by atoms with E-state index in [0.717, 1.165) is 12.0 Å². The van der Waals surface area contributed by atoms with Crippen molar-refractivity contribution in [1.29, 1.82) is 0 Å². The first-order valence-corrected chi connectivity index (χ1v) is 6.69. The van der Waals surface area contributed by atoms with Crippen molar-refractivity contribution in [3.8, 4) is 11.5 Å². The molecule has 0 saturated heterocycles. The zero-order valence-corrected chi connectivity index (χ0v) is 12.4. The lowest BCUT2D eigenvalue weighted by Crippen LogP contribution is -2.38. The van der Waals surface area contributed by atoms with Crippen molar-refractivity contribution < 1.29 is 14.6 Å². The van der Waals surface area contributed by atoms with E-state index in [2.05, 4.69) is 26.1 Å². The normalized spacial score (nSPS) is 14.3. The minimum absolute atomic E-state index is 0.0260. The summed E-state index contributed by atoms with van der Waals surface area (Å²) in [5, 5.41) is 13.8. The smallest absolute Gasteiger partial charge is 0.161 e. The molecule has 0 bridgehead atoms. The van der Waals surface area contributed by atoms with E-state index in [1.807, 2.05) is 18.2 Å². The molecule has 0 aliphatic heterocycles. The van der Waals surface area contributed by atoms with Crippen molar-refractivity contribution in [3.05, 3.63) is 23.8 Å². The maximum absolute atomic E-state index is 10.5. The minimum Gasteiger partial charge on any atom is -0.493 e. The molecule has 1 aromatic carbocycles. The van der Waals surface area contributed by atoms with Crippen LogP contribution in [-0.4, -0.2) is 31.4 Å². The molecule has 0 aromatic heterocycles. The summed E-state index contributed by atoms with van der Waals surface area (Å²) < 4.78 is 10.5. The number of benzene rings is 1. The summed E-state index contributed by atoms with van der Waals surface area (Å²) in [6.45, 7) is 6.21. The molecule has 4 heteroatoms. The molecule has 1 aromatic rings. The lowest BCUT2D eigenvalue weighted by atomic mass is 9.99. The van der Waals surface area contributed by atoms with Gasteiger partial charge in [0.2, 0.25) is 0 Å². The van der Waals surface area contributed by atoms with Gasteiger partial charge in [0, 0.05) is 12.1 Å². The second kappa shape index (κ2) is 7.36. The molecular weight excluding hydrogens is 242 g/mol. The van der Waals surface area contributed by atoms with E-state index < -0.39 is 6.10 Å². The molecule has 0 saturated carbocycles. The van der Waals surface area contributed by atoms with Crippen LogP contribution in [0.25, 0.3) is 0 Å². The predicted molar refractivity (Wildman–Crippen MR) is 76.9 cm³/mol. The lowest BCUT2D eigenvalue weighted by Gasteiger charge is -2.26. The van der Waals surface area contributed by atoms with E-state index in [1.54, 1.807) is 14.2 Å². The van der Waals surface area contributed by atoms with Crippen molar-refractivity contribution in [2.45, 2.75) is 45.4 Å². The van der Waals surface area contributed by atoms with Crippen molar-refractivity contribution in [3.63, 3.8) is 0 Å². The molecule has 0 radical (unpaired) electrons. The maximum Gasteiger partial charge on any atom is 0.161 e. The Morgan fingerprint density at radius 1 is 1.16 bits per heavy atom. The Kier molecular flexibility index (Phi) is 6.12. The number of hydrogen-bond acceptors (Lipinski definition) is 4. The Morgan fingerprint density at radius 2 is 1.79 bits per heavy atom. The molecule has 0 amide bonds. The third-order valence-corrected chi connectivity index (χ3v) is 3.12. The standard InChI is InChI=1S/C15H25NO3/c1-6-12(16-10(2)3)15(17)11-7-8-13(18-4)14(9-11)19-5/h7-10,12,15-17H,6H2,1-5H3. The molecule has 0 aliphatic rings. The Bertz CT molecular complexity index is 393. The van der Waals surface area contributed by atoms with Crippen molar-refractivity contribution in [2.75, 3.05) is 14.2 Å². The van der Waals surface area contributed by atoms with Crippen LogP contribution in [0, 0.1) is 0 Å². The number of aliphatic hydroxyl groups is 1. The molecule has 2 unspecified atom stereocenters. The molecular formula is C15H25NO3. The number of nitrogens with one attached hydrogen (secondary N) is 1. The predicted octanol–water partition coefficient (Wildman–Crippen LogP) is 2.51. The van der Waals surface area contributed by atoms with Gasteiger partial charge in [-0.05, 0) is 24.1 Å². The van der Waals surface area contributed by atoms with Crippen LogP contribution in [0.1, 0.15) is 38.9 Å². The van der Waals surface area contributed by atoms with Gasteiger partial charge in [0.1, 0.15) is 0 Å².